The molecule has 3 rings (SSSR count). The summed E-state index contributed by atoms with van der Waals surface area (Å²) in [6.45, 7) is 3.03. The van der Waals surface area contributed by atoms with Gasteiger partial charge in [-0.2, -0.15) is 0 Å². The van der Waals surface area contributed by atoms with Crippen LogP contribution in [-0.4, -0.2) is 23.7 Å². The predicted octanol–water partition coefficient (Wildman–Crippen LogP) is 2.22. The second-order valence-corrected chi connectivity index (χ2v) is 5.19. The lowest BCUT2D eigenvalue weighted by Crippen LogP contribution is -2.42. The molecule has 1 aromatic rings. The Kier molecular flexibility index (Phi) is 2.35. The number of rotatable bonds is 1. The van der Waals surface area contributed by atoms with E-state index in [1.807, 2.05) is 0 Å². The van der Waals surface area contributed by atoms with Crippen molar-refractivity contribution in [2.45, 2.75) is 32.2 Å². The molecule has 0 radical (unpaired) electrons. The monoisotopic (exact) mass is 231 g/mol. The van der Waals surface area contributed by atoms with E-state index in [2.05, 4.69) is 30.0 Å². The Balaban J connectivity index is 1.90. The van der Waals surface area contributed by atoms with Crippen LogP contribution in [0.2, 0.25) is 0 Å². The van der Waals surface area contributed by atoms with Crippen LogP contribution in [0.25, 0.3) is 0 Å². The van der Waals surface area contributed by atoms with Gasteiger partial charge in [0.2, 0.25) is 0 Å². The topological polar surface area (TPSA) is 40.5 Å². The zero-order chi connectivity index (χ0) is 12.0. The molecule has 2 unspecified atom stereocenters. The molecule has 0 bridgehead atoms. The van der Waals surface area contributed by atoms with Crippen LogP contribution in [0.3, 0.4) is 0 Å². The van der Waals surface area contributed by atoms with E-state index in [4.69, 9.17) is 5.11 Å². The van der Waals surface area contributed by atoms with Gasteiger partial charge in [0, 0.05) is 18.3 Å². The first-order valence-electron chi connectivity index (χ1n) is 6.25. The molecule has 1 fully saturated rings. The largest absolute Gasteiger partial charge is 0.481 e. The fourth-order valence-electron chi connectivity index (χ4n) is 3.31. The van der Waals surface area contributed by atoms with E-state index in [-0.39, 0.29) is 5.92 Å². The molecule has 0 saturated carbocycles. The molecular weight excluding hydrogens is 214 g/mol. The van der Waals surface area contributed by atoms with E-state index < -0.39 is 5.97 Å². The van der Waals surface area contributed by atoms with Crippen LogP contribution in [0.15, 0.2) is 18.2 Å². The van der Waals surface area contributed by atoms with Crippen molar-refractivity contribution >= 4 is 11.7 Å². The SMILES string of the molecule is Cc1cccc2c1N1CCC(C(=O)O)CC1C2. The minimum atomic E-state index is -0.627. The normalized spacial score (nSPS) is 26.5. The molecule has 3 nitrogen and oxygen atoms in total. The molecule has 1 aromatic carbocycles. The Bertz CT molecular complexity index is 469. The van der Waals surface area contributed by atoms with Gasteiger partial charge in [-0.25, -0.2) is 0 Å². The van der Waals surface area contributed by atoms with Crippen molar-refractivity contribution in [1.29, 1.82) is 0 Å². The number of carboxylic acids is 1. The highest BCUT2D eigenvalue weighted by Gasteiger charge is 2.37. The third kappa shape index (κ3) is 1.61. The van der Waals surface area contributed by atoms with Gasteiger partial charge in [-0.15, -0.1) is 0 Å². The molecule has 1 N–H and O–H groups in total. The van der Waals surface area contributed by atoms with Gasteiger partial charge in [0.1, 0.15) is 0 Å². The summed E-state index contributed by atoms with van der Waals surface area (Å²) in [5.41, 5.74) is 4.07. The third-order valence-corrected chi connectivity index (χ3v) is 4.13. The van der Waals surface area contributed by atoms with E-state index in [1.165, 1.54) is 16.8 Å². The number of fused-ring (bicyclic) bond motifs is 3. The summed E-state index contributed by atoms with van der Waals surface area (Å²) in [6, 6.07) is 6.82. The van der Waals surface area contributed by atoms with Crippen LogP contribution in [0.1, 0.15) is 24.0 Å². The van der Waals surface area contributed by atoms with Crippen molar-refractivity contribution in [1.82, 2.24) is 0 Å². The van der Waals surface area contributed by atoms with Crippen molar-refractivity contribution in [3.8, 4) is 0 Å². The fraction of sp³-hybridized carbons (Fsp3) is 0.500. The predicted molar refractivity (Wildman–Crippen MR) is 66.4 cm³/mol. The number of aryl methyl sites for hydroxylation is 1. The van der Waals surface area contributed by atoms with Crippen LogP contribution in [0.4, 0.5) is 5.69 Å². The zero-order valence-electron chi connectivity index (χ0n) is 10.0. The number of carbonyl (C=O) groups is 1. The second kappa shape index (κ2) is 3.76. The number of hydrogen-bond acceptors (Lipinski definition) is 2. The quantitative estimate of drug-likeness (QED) is 0.805. The summed E-state index contributed by atoms with van der Waals surface area (Å²) in [4.78, 5) is 13.5. The molecule has 1 saturated heterocycles. The van der Waals surface area contributed by atoms with Crippen LogP contribution in [-0.2, 0) is 11.2 Å². The average Bonchev–Trinajstić information content (AvgIpc) is 2.67. The highest BCUT2D eigenvalue weighted by Crippen LogP contribution is 2.40. The number of hydrogen-bond donors (Lipinski definition) is 1. The van der Waals surface area contributed by atoms with Gasteiger partial charge >= 0.3 is 5.97 Å². The lowest BCUT2D eigenvalue weighted by Gasteiger charge is -2.35. The van der Waals surface area contributed by atoms with Gasteiger partial charge in [0.25, 0.3) is 0 Å². The second-order valence-electron chi connectivity index (χ2n) is 5.19. The van der Waals surface area contributed by atoms with Crippen molar-refractivity contribution in [3.05, 3.63) is 29.3 Å². The molecular formula is C14H17NO2. The van der Waals surface area contributed by atoms with Crippen molar-refractivity contribution in [2.24, 2.45) is 5.92 Å². The lowest BCUT2D eigenvalue weighted by molar-refractivity contribution is -0.142. The molecule has 0 amide bonds. The van der Waals surface area contributed by atoms with Crippen LogP contribution < -0.4 is 4.90 Å². The average molecular weight is 231 g/mol. The van der Waals surface area contributed by atoms with Gasteiger partial charge in [0.05, 0.1) is 5.92 Å². The number of piperidine rings is 1. The number of carboxylic acid groups (broad SMARTS) is 1. The molecule has 2 aliphatic heterocycles. The summed E-state index contributed by atoms with van der Waals surface area (Å²) < 4.78 is 0. The molecule has 0 spiro atoms. The fourth-order valence-corrected chi connectivity index (χ4v) is 3.31. The van der Waals surface area contributed by atoms with E-state index in [0.717, 1.165) is 25.8 Å². The summed E-state index contributed by atoms with van der Waals surface area (Å²) in [5.74, 6) is -0.775. The number of aliphatic carboxylic acids is 1. The summed E-state index contributed by atoms with van der Waals surface area (Å²) in [5, 5.41) is 9.11. The highest BCUT2D eigenvalue weighted by atomic mass is 16.4. The smallest absolute Gasteiger partial charge is 0.306 e. The Morgan fingerprint density at radius 3 is 3.06 bits per heavy atom. The maximum atomic E-state index is 11.1. The number of para-hydroxylation sites is 1. The number of benzene rings is 1. The summed E-state index contributed by atoms with van der Waals surface area (Å²) in [7, 11) is 0. The molecule has 0 aromatic heterocycles. The van der Waals surface area contributed by atoms with Crippen LogP contribution in [0, 0.1) is 12.8 Å². The Morgan fingerprint density at radius 1 is 1.47 bits per heavy atom. The molecule has 0 aliphatic carbocycles. The van der Waals surface area contributed by atoms with Gasteiger partial charge in [0.15, 0.2) is 0 Å². The van der Waals surface area contributed by atoms with E-state index >= 15 is 0 Å². The molecule has 17 heavy (non-hydrogen) atoms. The van der Waals surface area contributed by atoms with Crippen molar-refractivity contribution in [2.75, 3.05) is 11.4 Å². The molecule has 3 heteroatoms. The first kappa shape index (κ1) is 10.6. The molecule has 2 aliphatic rings. The molecule has 2 atom stereocenters. The summed E-state index contributed by atoms with van der Waals surface area (Å²) >= 11 is 0. The van der Waals surface area contributed by atoms with Gasteiger partial charge in [-0.1, -0.05) is 18.2 Å². The van der Waals surface area contributed by atoms with Crippen molar-refractivity contribution in [3.63, 3.8) is 0 Å². The van der Waals surface area contributed by atoms with Crippen molar-refractivity contribution < 1.29 is 9.90 Å². The van der Waals surface area contributed by atoms with Crippen LogP contribution >= 0.6 is 0 Å². The zero-order valence-corrected chi connectivity index (χ0v) is 10.0. The highest BCUT2D eigenvalue weighted by molar-refractivity contribution is 5.72. The number of anilines is 1. The van der Waals surface area contributed by atoms with E-state index in [9.17, 15) is 4.79 Å². The van der Waals surface area contributed by atoms with E-state index in [0.29, 0.717) is 6.04 Å². The van der Waals surface area contributed by atoms with Crippen LogP contribution in [0.5, 0.6) is 0 Å². The van der Waals surface area contributed by atoms with Gasteiger partial charge in [-0.05, 0) is 37.3 Å². The van der Waals surface area contributed by atoms with Gasteiger partial charge in [-0.3, -0.25) is 4.79 Å². The molecule has 90 valence electrons. The first-order chi connectivity index (χ1) is 8.16. The standard InChI is InChI=1S/C14H17NO2/c1-9-3-2-4-10-7-12-8-11(14(16)17)5-6-15(12)13(9)10/h2-4,11-12H,5-8H2,1H3,(H,16,17). The number of nitrogens with zero attached hydrogens (tertiary/aromatic N) is 1. The van der Waals surface area contributed by atoms with Gasteiger partial charge < -0.3 is 10.0 Å². The lowest BCUT2D eigenvalue weighted by atomic mass is 9.91. The third-order valence-electron chi connectivity index (χ3n) is 4.13. The molecule has 2 heterocycles. The summed E-state index contributed by atoms with van der Waals surface area (Å²) in [6.07, 6.45) is 2.59. The Morgan fingerprint density at radius 2 is 2.29 bits per heavy atom. The maximum absolute atomic E-state index is 11.1. The Hall–Kier alpha value is -1.51. The minimum Gasteiger partial charge on any atom is -0.481 e. The first-order valence-corrected chi connectivity index (χ1v) is 6.25. The maximum Gasteiger partial charge on any atom is 0.306 e. The Labute approximate surface area is 101 Å². The minimum absolute atomic E-state index is 0.147. The van der Waals surface area contributed by atoms with E-state index in [1.54, 1.807) is 0 Å².